The van der Waals surface area contributed by atoms with Gasteiger partial charge in [-0.05, 0) is 18.8 Å². The predicted molar refractivity (Wildman–Crippen MR) is 79.7 cm³/mol. The summed E-state index contributed by atoms with van der Waals surface area (Å²) in [5, 5.41) is 11.6. The van der Waals surface area contributed by atoms with Crippen molar-refractivity contribution in [3.05, 3.63) is 22.2 Å². The van der Waals surface area contributed by atoms with Gasteiger partial charge in [-0.15, -0.1) is 0 Å². The molecule has 1 aromatic heterocycles. The molecule has 0 amide bonds. The van der Waals surface area contributed by atoms with Crippen molar-refractivity contribution >= 4 is 11.8 Å². The molecule has 7 heteroatoms. The molecule has 1 atom stereocenters. The SMILES string of the molecule is CCc1nc(N2CCCC(CNCC(=O)O)C2)cc(=O)[nH]1. The van der Waals surface area contributed by atoms with E-state index in [1.165, 1.54) is 6.07 Å². The summed E-state index contributed by atoms with van der Waals surface area (Å²) in [7, 11) is 0. The van der Waals surface area contributed by atoms with Gasteiger partial charge in [0.2, 0.25) is 0 Å². The molecule has 0 aliphatic carbocycles. The van der Waals surface area contributed by atoms with Gasteiger partial charge < -0.3 is 20.3 Å². The molecular formula is C14H22N4O3. The highest BCUT2D eigenvalue weighted by Gasteiger charge is 2.21. The van der Waals surface area contributed by atoms with Crippen LogP contribution in [0.15, 0.2) is 10.9 Å². The summed E-state index contributed by atoms with van der Waals surface area (Å²) in [6.45, 7) is 4.30. The second-order valence-electron chi connectivity index (χ2n) is 5.38. The molecule has 0 radical (unpaired) electrons. The van der Waals surface area contributed by atoms with Gasteiger partial charge in [-0.25, -0.2) is 4.98 Å². The predicted octanol–water partition coefficient (Wildman–Crippen LogP) is 0.223. The van der Waals surface area contributed by atoms with Gasteiger partial charge in [0.15, 0.2) is 0 Å². The van der Waals surface area contributed by atoms with Crippen molar-refractivity contribution in [1.82, 2.24) is 15.3 Å². The average molecular weight is 294 g/mol. The number of aliphatic carboxylic acids is 1. The number of rotatable bonds is 6. The number of carboxylic acids is 1. The monoisotopic (exact) mass is 294 g/mol. The Kier molecular flexibility index (Phi) is 5.32. The zero-order valence-corrected chi connectivity index (χ0v) is 12.3. The fourth-order valence-electron chi connectivity index (χ4n) is 2.65. The fraction of sp³-hybridized carbons (Fsp3) is 0.643. The average Bonchev–Trinajstić information content (AvgIpc) is 2.46. The Labute approximate surface area is 123 Å². The van der Waals surface area contributed by atoms with Crippen LogP contribution in [0.5, 0.6) is 0 Å². The minimum absolute atomic E-state index is 0.0141. The zero-order valence-electron chi connectivity index (χ0n) is 12.3. The molecule has 1 unspecified atom stereocenters. The summed E-state index contributed by atoms with van der Waals surface area (Å²) in [6.07, 6.45) is 2.78. The molecule has 0 saturated carbocycles. The van der Waals surface area contributed by atoms with Gasteiger partial charge in [0, 0.05) is 32.1 Å². The van der Waals surface area contributed by atoms with E-state index in [-0.39, 0.29) is 12.1 Å². The van der Waals surface area contributed by atoms with Crippen molar-refractivity contribution in [1.29, 1.82) is 0 Å². The third-order valence-corrected chi connectivity index (χ3v) is 3.66. The molecule has 7 nitrogen and oxygen atoms in total. The van der Waals surface area contributed by atoms with Crippen LogP contribution in [0.1, 0.15) is 25.6 Å². The lowest BCUT2D eigenvalue weighted by molar-refractivity contribution is -0.136. The minimum atomic E-state index is -0.841. The number of hydrogen-bond acceptors (Lipinski definition) is 5. The number of carbonyl (C=O) groups is 1. The summed E-state index contributed by atoms with van der Waals surface area (Å²) >= 11 is 0. The number of nitrogens with one attached hydrogen (secondary N) is 2. The third kappa shape index (κ3) is 4.56. The molecule has 1 aliphatic heterocycles. The lowest BCUT2D eigenvalue weighted by Gasteiger charge is -2.33. The van der Waals surface area contributed by atoms with Gasteiger partial charge in [-0.3, -0.25) is 9.59 Å². The molecule has 2 rings (SSSR count). The molecule has 0 aromatic carbocycles. The zero-order chi connectivity index (χ0) is 15.2. The highest BCUT2D eigenvalue weighted by molar-refractivity contribution is 5.68. The summed E-state index contributed by atoms with van der Waals surface area (Å²) in [4.78, 5) is 31.5. The Morgan fingerprint density at radius 3 is 3.14 bits per heavy atom. The first-order chi connectivity index (χ1) is 10.1. The lowest BCUT2D eigenvalue weighted by atomic mass is 9.98. The van der Waals surface area contributed by atoms with E-state index in [4.69, 9.17) is 5.11 Å². The Morgan fingerprint density at radius 1 is 1.62 bits per heavy atom. The molecule has 116 valence electrons. The van der Waals surface area contributed by atoms with Gasteiger partial charge in [-0.2, -0.15) is 0 Å². The highest BCUT2D eigenvalue weighted by atomic mass is 16.4. The summed E-state index contributed by atoms with van der Waals surface area (Å²) in [5.74, 6) is 0.956. The summed E-state index contributed by atoms with van der Waals surface area (Å²) < 4.78 is 0. The Bertz CT molecular complexity index is 543. The number of aromatic nitrogens is 2. The fourth-order valence-corrected chi connectivity index (χ4v) is 2.65. The first kappa shape index (κ1) is 15.5. The number of piperidine rings is 1. The molecule has 0 bridgehead atoms. The van der Waals surface area contributed by atoms with E-state index in [0.717, 1.165) is 31.7 Å². The number of anilines is 1. The van der Waals surface area contributed by atoms with Gasteiger partial charge in [0.05, 0.1) is 6.54 Å². The minimum Gasteiger partial charge on any atom is -0.480 e. The first-order valence-electron chi connectivity index (χ1n) is 7.36. The molecule has 21 heavy (non-hydrogen) atoms. The van der Waals surface area contributed by atoms with Crippen molar-refractivity contribution in [3.8, 4) is 0 Å². The number of aryl methyl sites for hydroxylation is 1. The van der Waals surface area contributed by atoms with E-state index in [1.807, 2.05) is 6.92 Å². The van der Waals surface area contributed by atoms with Crippen LogP contribution in [-0.4, -0.2) is 47.2 Å². The van der Waals surface area contributed by atoms with E-state index in [1.54, 1.807) is 0 Å². The van der Waals surface area contributed by atoms with Gasteiger partial charge >= 0.3 is 5.97 Å². The summed E-state index contributed by atoms with van der Waals surface area (Å²) in [5.41, 5.74) is -0.122. The standard InChI is InChI=1S/C14H22N4O3/c1-2-11-16-12(6-13(19)17-11)18-5-3-4-10(9-18)7-15-8-14(20)21/h6,10,15H,2-5,7-9H2,1H3,(H,20,21)(H,16,17,19). The van der Waals surface area contributed by atoms with Crippen molar-refractivity contribution in [2.24, 2.45) is 5.92 Å². The Hall–Kier alpha value is -1.89. The highest BCUT2D eigenvalue weighted by Crippen LogP contribution is 2.20. The lowest BCUT2D eigenvalue weighted by Crippen LogP contribution is -2.41. The van der Waals surface area contributed by atoms with Gasteiger partial charge in [0.1, 0.15) is 11.6 Å². The van der Waals surface area contributed by atoms with Crippen LogP contribution in [0, 0.1) is 5.92 Å². The van der Waals surface area contributed by atoms with Crippen LogP contribution in [0.2, 0.25) is 0 Å². The topological polar surface area (TPSA) is 98.3 Å². The van der Waals surface area contributed by atoms with Crippen molar-refractivity contribution in [3.63, 3.8) is 0 Å². The third-order valence-electron chi connectivity index (χ3n) is 3.66. The van der Waals surface area contributed by atoms with Crippen molar-refractivity contribution in [2.45, 2.75) is 26.2 Å². The van der Waals surface area contributed by atoms with Crippen LogP contribution < -0.4 is 15.8 Å². The van der Waals surface area contributed by atoms with E-state index >= 15 is 0 Å². The van der Waals surface area contributed by atoms with Crippen LogP contribution in [0.3, 0.4) is 0 Å². The Morgan fingerprint density at radius 2 is 2.43 bits per heavy atom. The summed E-state index contributed by atoms with van der Waals surface area (Å²) in [6, 6.07) is 1.53. The maximum absolute atomic E-state index is 11.6. The number of H-pyrrole nitrogens is 1. The normalized spacial score (nSPS) is 18.7. The van der Waals surface area contributed by atoms with Crippen molar-refractivity contribution < 1.29 is 9.90 Å². The molecule has 1 aliphatic rings. The maximum Gasteiger partial charge on any atom is 0.317 e. The van der Waals surface area contributed by atoms with Crippen LogP contribution in [0.25, 0.3) is 0 Å². The number of hydrogen-bond donors (Lipinski definition) is 3. The molecule has 1 fully saturated rings. The largest absolute Gasteiger partial charge is 0.480 e. The van der Waals surface area contributed by atoms with Crippen LogP contribution in [-0.2, 0) is 11.2 Å². The molecule has 1 aromatic rings. The second-order valence-corrected chi connectivity index (χ2v) is 5.38. The molecular weight excluding hydrogens is 272 g/mol. The quantitative estimate of drug-likeness (QED) is 0.694. The van der Waals surface area contributed by atoms with Gasteiger partial charge in [-0.1, -0.05) is 6.92 Å². The van der Waals surface area contributed by atoms with Gasteiger partial charge in [0.25, 0.3) is 5.56 Å². The van der Waals surface area contributed by atoms with Crippen LogP contribution >= 0.6 is 0 Å². The Balaban J connectivity index is 1.98. The molecule has 0 spiro atoms. The van der Waals surface area contributed by atoms with E-state index in [2.05, 4.69) is 20.2 Å². The van der Waals surface area contributed by atoms with Crippen LogP contribution in [0.4, 0.5) is 5.82 Å². The molecule has 3 N–H and O–H groups in total. The van der Waals surface area contributed by atoms with Crippen molar-refractivity contribution in [2.75, 3.05) is 31.1 Å². The smallest absolute Gasteiger partial charge is 0.317 e. The number of aromatic amines is 1. The van der Waals surface area contributed by atoms with E-state index < -0.39 is 5.97 Å². The maximum atomic E-state index is 11.6. The van der Waals surface area contributed by atoms with E-state index in [9.17, 15) is 9.59 Å². The van der Waals surface area contributed by atoms with E-state index in [0.29, 0.717) is 24.7 Å². The molecule has 1 saturated heterocycles. The second kappa shape index (κ2) is 7.21. The number of nitrogens with zero attached hydrogens (tertiary/aromatic N) is 2. The number of carboxylic acid groups (broad SMARTS) is 1. The molecule has 2 heterocycles. The first-order valence-corrected chi connectivity index (χ1v) is 7.36.